The van der Waals surface area contributed by atoms with Gasteiger partial charge in [-0.1, -0.05) is 0 Å². The summed E-state index contributed by atoms with van der Waals surface area (Å²) in [6, 6.07) is 0. The second kappa shape index (κ2) is 2.56. The van der Waals surface area contributed by atoms with Crippen molar-refractivity contribution < 1.29 is 0 Å². The maximum absolute atomic E-state index is 4.27. The summed E-state index contributed by atoms with van der Waals surface area (Å²) in [5, 5.41) is 0. The van der Waals surface area contributed by atoms with E-state index >= 15 is 0 Å². The van der Waals surface area contributed by atoms with Crippen molar-refractivity contribution in [3.63, 3.8) is 0 Å². The van der Waals surface area contributed by atoms with Crippen LogP contribution in [0.2, 0.25) is 0 Å². The third-order valence-corrected chi connectivity index (χ3v) is 3.82. The van der Waals surface area contributed by atoms with Gasteiger partial charge in [0.05, 0.1) is 0 Å². The van der Waals surface area contributed by atoms with E-state index in [4.69, 9.17) is 0 Å². The van der Waals surface area contributed by atoms with Crippen molar-refractivity contribution in [2.75, 3.05) is 0 Å². The number of hydrogen-bond acceptors (Lipinski definition) is 3. The summed E-state index contributed by atoms with van der Waals surface area (Å²) < 4.78 is 0. The SMILES string of the molecule is Cc1sc(C)c(S)c1S. The summed E-state index contributed by atoms with van der Waals surface area (Å²) in [6.45, 7) is 4.11. The minimum absolute atomic E-state index is 1.03. The Morgan fingerprint density at radius 2 is 1.33 bits per heavy atom. The number of aryl methyl sites for hydroxylation is 2. The van der Waals surface area contributed by atoms with E-state index in [0.717, 1.165) is 9.79 Å². The third-order valence-electron chi connectivity index (χ3n) is 1.20. The fraction of sp³-hybridized carbons (Fsp3) is 0.333. The van der Waals surface area contributed by atoms with Crippen molar-refractivity contribution in [2.45, 2.75) is 23.6 Å². The van der Waals surface area contributed by atoms with E-state index in [2.05, 4.69) is 39.1 Å². The van der Waals surface area contributed by atoms with E-state index in [0.29, 0.717) is 0 Å². The Balaban J connectivity index is 3.29. The van der Waals surface area contributed by atoms with Gasteiger partial charge in [0.15, 0.2) is 0 Å². The molecule has 0 aliphatic carbocycles. The zero-order valence-corrected chi connectivity index (χ0v) is 7.91. The molecule has 0 aliphatic rings. The van der Waals surface area contributed by atoms with E-state index in [1.54, 1.807) is 11.3 Å². The van der Waals surface area contributed by atoms with Gasteiger partial charge in [-0.2, -0.15) is 0 Å². The van der Waals surface area contributed by atoms with E-state index in [-0.39, 0.29) is 0 Å². The Kier molecular flexibility index (Phi) is 2.14. The minimum Gasteiger partial charge on any atom is -0.144 e. The molecule has 0 atom stereocenters. The number of thiol groups is 2. The lowest BCUT2D eigenvalue weighted by molar-refractivity contribution is 1.24. The normalized spacial score (nSPS) is 10.2. The van der Waals surface area contributed by atoms with Gasteiger partial charge in [0.1, 0.15) is 0 Å². The Labute approximate surface area is 70.1 Å². The van der Waals surface area contributed by atoms with Crippen LogP contribution in [-0.2, 0) is 0 Å². The predicted octanol–water partition coefficient (Wildman–Crippen LogP) is 2.94. The van der Waals surface area contributed by atoms with Crippen LogP contribution in [0, 0.1) is 13.8 Å². The fourth-order valence-corrected chi connectivity index (χ4v) is 2.28. The Bertz CT molecular complexity index is 202. The van der Waals surface area contributed by atoms with Crippen LogP contribution in [-0.4, -0.2) is 0 Å². The molecule has 0 aromatic carbocycles. The van der Waals surface area contributed by atoms with Gasteiger partial charge in [-0.15, -0.1) is 36.6 Å². The molecule has 0 saturated heterocycles. The summed E-state index contributed by atoms with van der Waals surface area (Å²) in [4.78, 5) is 4.56. The lowest BCUT2D eigenvalue weighted by atomic mass is 10.4. The van der Waals surface area contributed by atoms with Crippen LogP contribution in [0.1, 0.15) is 9.75 Å². The average molecular weight is 176 g/mol. The first-order valence-electron chi connectivity index (χ1n) is 2.61. The molecule has 0 amide bonds. The molecule has 0 nitrogen and oxygen atoms in total. The highest BCUT2D eigenvalue weighted by Gasteiger charge is 2.04. The van der Waals surface area contributed by atoms with Gasteiger partial charge < -0.3 is 0 Å². The van der Waals surface area contributed by atoms with E-state index < -0.39 is 0 Å². The van der Waals surface area contributed by atoms with Crippen molar-refractivity contribution in [1.82, 2.24) is 0 Å². The Morgan fingerprint density at radius 1 is 1.00 bits per heavy atom. The molecule has 0 unspecified atom stereocenters. The number of hydrogen-bond donors (Lipinski definition) is 2. The molecular weight excluding hydrogens is 168 g/mol. The lowest BCUT2D eigenvalue weighted by Gasteiger charge is -1.86. The van der Waals surface area contributed by atoms with E-state index in [9.17, 15) is 0 Å². The summed E-state index contributed by atoms with van der Waals surface area (Å²) >= 11 is 10.3. The molecule has 0 radical (unpaired) electrons. The third kappa shape index (κ3) is 1.28. The van der Waals surface area contributed by atoms with Crippen molar-refractivity contribution in [3.8, 4) is 0 Å². The van der Waals surface area contributed by atoms with Gasteiger partial charge in [-0.05, 0) is 13.8 Å². The summed E-state index contributed by atoms with van der Waals surface area (Å²) in [5.41, 5.74) is 0. The van der Waals surface area contributed by atoms with Crippen LogP contribution in [0.15, 0.2) is 9.79 Å². The molecule has 1 aromatic heterocycles. The zero-order valence-electron chi connectivity index (χ0n) is 5.30. The summed E-state index contributed by atoms with van der Waals surface area (Å²) in [6.07, 6.45) is 0. The van der Waals surface area contributed by atoms with Gasteiger partial charge in [0, 0.05) is 19.5 Å². The van der Waals surface area contributed by atoms with Crippen LogP contribution in [0.4, 0.5) is 0 Å². The molecule has 1 heterocycles. The number of thiophene rings is 1. The Morgan fingerprint density at radius 3 is 1.44 bits per heavy atom. The quantitative estimate of drug-likeness (QED) is 0.558. The average Bonchev–Trinajstić information content (AvgIpc) is 1.98. The monoisotopic (exact) mass is 176 g/mol. The molecule has 1 aromatic rings. The molecule has 0 aliphatic heterocycles. The maximum atomic E-state index is 4.27. The predicted molar refractivity (Wildman–Crippen MR) is 48.3 cm³/mol. The standard InChI is InChI=1S/C6H8S3/c1-3-5(7)6(8)4(2)9-3/h7-8H,1-2H3. The van der Waals surface area contributed by atoms with Crippen LogP contribution in [0.3, 0.4) is 0 Å². The van der Waals surface area contributed by atoms with Crippen molar-refractivity contribution in [3.05, 3.63) is 9.75 Å². The van der Waals surface area contributed by atoms with Crippen molar-refractivity contribution >= 4 is 36.6 Å². The maximum Gasteiger partial charge on any atom is 0.0314 e. The van der Waals surface area contributed by atoms with Gasteiger partial charge >= 0.3 is 0 Å². The molecule has 3 heteroatoms. The van der Waals surface area contributed by atoms with E-state index in [1.807, 2.05) is 0 Å². The van der Waals surface area contributed by atoms with Crippen LogP contribution in [0.25, 0.3) is 0 Å². The zero-order chi connectivity index (χ0) is 7.02. The highest BCUT2D eigenvalue weighted by Crippen LogP contribution is 2.32. The second-order valence-corrected chi connectivity index (χ2v) is 4.23. The molecule has 0 spiro atoms. The van der Waals surface area contributed by atoms with Crippen molar-refractivity contribution in [1.29, 1.82) is 0 Å². The molecule has 0 N–H and O–H groups in total. The van der Waals surface area contributed by atoms with E-state index in [1.165, 1.54) is 9.75 Å². The molecule has 9 heavy (non-hydrogen) atoms. The molecule has 0 fully saturated rings. The molecule has 1 rings (SSSR count). The topological polar surface area (TPSA) is 0 Å². The summed E-state index contributed by atoms with van der Waals surface area (Å²) in [7, 11) is 0. The summed E-state index contributed by atoms with van der Waals surface area (Å²) in [5.74, 6) is 0. The molecular formula is C6H8S3. The van der Waals surface area contributed by atoms with Crippen LogP contribution in [0.5, 0.6) is 0 Å². The highest BCUT2D eigenvalue weighted by molar-refractivity contribution is 7.84. The second-order valence-electron chi connectivity index (χ2n) is 1.91. The first-order chi connectivity index (χ1) is 4.13. The molecule has 50 valence electrons. The first-order valence-corrected chi connectivity index (χ1v) is 4.32. The fourth-order valence-electron chi connectivity index (χ4n) is 0.660. The largest absolute Gasteiger partial charge is 0.144 e. The van der Waals surface area contributed by atoms with Gasteiger partial charge in [0.25, 0.3) is 0 Å². The molecule has 0 saturated carbocycles. The van der Waals surface area contributed by atoms with Crippen molar-refractivity contribution in [2.24, 2.45) is 0 Å². The van der Waals surface area contributed by atoms with Gasteiger partial charge in [0.2, 0.25) is 0 Å². The number of rotatable bonds is 0. The first kappa shape index (κ1) is 7.51. The van der Waals surface area contributed by atoms with Crippen LogP contribution >= 0.6 is 36.6 Å². The Hall–Kier alpha value is 0.400. The smallest absolute Gasteiger partial charge is 0.0314 e. The van der Waals surface area contributed by atoms with Gasteiger partial charge in [-0.25, -0.2) is 0 Å². The van der Waals surface area contributed by atoms with Gasteiger partial charge in [-0.3, -0.25) is 0 Å². The molecule has 0 bridgehead atoms. The van der Waals surface area contributed by atoms with Crippen LogP contribution < -0.4 is 0 Å². The highest BCUT2D eigenvalue weighted by atomic mass is 32.1. The minimum atomic E-state index is 1.03. The lowest BCUT2D eigenvalue weighted by Crippen LogP contribution is -1.63.